The lowest BCUT2D eigenvalue weighted by molar-refractivity contribution is -0.122. The minimum Gasteiger partial charge on any atom is -0.377 e. The molecule has 0 saturated carbocycles. The van der Waals surface area contributed by atoms with Gasteiger partial charge in [-0.3, -0.25) is 4.79 Å². The molecular formula is C31H28N6O6S2. The summed E-state index contributed by atoms with van der Waals surface area (Å²) in [5.74, 6) is 0.733. The molecule has 1 atom stereocenters. The van der Waals surface area contributed by atoms with Crippen LogP contribution in [-0.2, 0) is 35.9 Å². The van der Waals surface area contributed by atoms with Crippen molar-refractivity contribution in [3.63, 3.8) is 0 Å². The molecule has 0 bridgehead atoms. The maximum absolute atomic E-state index is 13.7. The average Bonchev–Trinajstić information content (AvgIpc) is 3.48. The summed E-state index contributed by atoms with van der Waals surface area (Å²) in [6, 6.07) is 15.9. The zero-order valence-corrected chi connectivity index (χ0v) is 26.0. The second-order valence-electron chi connectivity index (χ2n) is 11.1. The molecule has 0 aliphatic carbocycles. The monoisotopic (exact) mass is 644 g/mol. The number of morpholine rings is 1. The third-order valence-electron chi connectivity index (χ3n) is 8.06. The molecule has 0 N–H and O–H groups in total. The first-order chi connectivity index (χ1) is 21.5. The predicted molar refractivity (Wildman–Crippen MR) is 167 cm³/mol. The Kier molecular flexibility index (Phi) is 6.95. The van der Waals surface area contributed by atoms with Crippen LogP contribution < -0.4 is 9.80 Å². The maximum atomic E-state index is 13.7. The maximum Gasteiger partial charge on any atom is 0.269 e. The number of sulfone groups is 1. The van der Waals surface area contributed by atoms with Crippen molar-refractivity contribution >= 4 is 48.3 Å². The molecule has 45 heavy (non-hydrogen) atoms. The standard InChI is InChI=1S/C31H28N6O6S2/c1-20-3-7-23(8-4-20)45(41,42)37-14-12-25-24(11-13-32-29(25)37)28-33-17-26-30(34-28)35-15-16-43-19-27(35)31(38)36(26)18-21-5-9-22(10-6-21)44(2,39)40/h3-14,17,27H,15-16,18-19H2,1-2H3. The lowest BCUT2D eigenvalue weighted by Gasteiger charge is -2.44. The lowest BCUT2D eigenvalue weighted by atomic mass is 10.1. The van der Waals surface area contributed by atoms with E-state index in [1.807, 2.05) is 11.8 Å². The van der Waals surface area contributed by atoms with Crippen LogP contribution in [0.4, 0.5) is 11.5 Å². The van der Waals surface area contributed by atoms with Crippen LogP contribution in [0.1, 0.15) is 11.1 Å². The van der Waals surface area contributed by atoms with Crippen molar-refractivity contribution in [3.05, 3.63) is 90.4 Å². The van der Waals surface area contributed by atoms with Crippen molar-refractivity contribution in [3.8, 4) is 11.4 Å². The summed E-state index contributed by atoms with van der Waals surface area (Å²) in [4.78, 5) is 31.5. The molecule has 14 heteroatoms. The third-order valence-corrected chi connectivity index (χ3v) is 10.9. The molecule has 7 rings (SSSR count). The Labute approximate surface area is 259 Å². The number of carbonyl (C=O) groups excluding carboxylic acids is 1. The van der Waals surface area contributed by atoms with Crippen molar-refractivity contribution in [2.75, 3.05) is 35.8 Å². The van der Waals surface area contributed by atoms with E-state index in [0.717, 1.165) is 21.4 Å². The van der Waals surface area contributed by atoms with Gasteiger partial charge < -0.3 is 14.5 Å². The fourth-order valence-corrected chi connectivity index (χ4v) is 7.61. The van der Waals surface area contributed by atoms with E-state index < -0.39 is 25.9 Å². The highest BCUT2D eigenvalue weighted by molar-refractivity contribution is 7.90. The topological polar surface area (TPSA) is 145 Å². The number of carbonyl (C=O) groups is 1. The number of nitrogens with zero attached hydrogens (tertiary/aromatic N) is 6. The molecule has 1 amide bonds. The minimum atomic E-state index is -3.91. The van der Waals surface area contributed by atoms with Crippen LogP contribution in [0.3, 0.4) is 0 Å². The van der Waals surface area contributed by atoms with Crippen LogP contribution in [0.2, 0.25) is 0 Å². The number of aryl methyl sites for hydroxylation is 1. The van der Waals surface area contributed by atoms with E-state index in [0.29, 0.717) is 41.4 Å². The Morgan fingerprint density at radius 2 is 1.67 bits per heavy atom. The van der Waals surface area contributed by atoms with Gasteiger partial charge in [-0.2, -0.15) is 0 Å². The number of hydrogen-bond donors (Lipinski definition) is 0. The van der Waals surface area contributed by atoms with E-state index >= 15 is 0 Å². The molecule has 5 heterocycles. The first-order valence-corrected chi connectivity index (χ1v) is 17.5. The summed E-state index contributed by atoms with van der Waals surface area (Å²) in [6.07, 6.45) is 5.74. The van der Waals surface area contributed by atoms with E-state index in [1.54, 1.807) is 59.6 Å². The van der Waals surface area contributed by atoms with Gasteiger partial charge in [-0.1, -0.05) is 29.8 Å². The highest BCUT2D eigenvalue weighted by Gasteiger charge is 2.41. The molecule has 230 valence electrons. The Bertz CT molecular complexity index is 2180. The van der Waals surface area contributed by atoms with Crippen molar-refractivity contribution in [2.45, 2.75) is 29.3 Å². The Hall–Kier alpha value is -4.66. The van der Waals surface area contributed by atoms with Crippen LogP contribution in [0, 0.1) is 6.92 Å². The van der Waals surface area contributed by atoms with Crippen LogP contribution in [-0.4, -0.2) is 73.7 Å². The van der Waals surface area contributed by atoms with Gasteiger partial charge in [0, 0.05) is 36.1 Å². The number of aromatic nitrogens is 4. The molecule has 3 aromatic heterocycles. The normalized spacial score (nSPS) is 16.9. The Morgan fingerprint density at radius 3 is 2.40 bits per heavy atom. The Morgan fingerprint density at radius 1 is 0.933 bits per heavy atom. The lowest BCUT2D eigenvalue weighted by Crippen LogP contribution is -2.58. The number of fused-ring (bicyclic) bond motifs is 4. The average molecular weight is 645 g/mol. The van der Waals surface area contributed by atoms with Gasteiger partial charge in [-0.05, 0) is 48.9 Å². The highest BCUT2D eigenvalue weighted by atomic mass is 32.2. The second-order valence-corrected chi connectivity index (χ2v) is 14.9. The van der Waals surface area contributed by atoms with Crippen molar-refractivity contribution in [1.82, 2.24) is 18.9 Å². The summed E-state index contributed by atoms with van der Waals surface area (Å²) >= 11 is 0. The van der Waals surface area contributed by atoms with Gasteiger partial charge in [0.05, 0.1) is 35.7 Å². The van der Waals surface area contributed by atoms with Crippen LogP contribution >= 0.6 is 0 Å². The van der Waals surface area contributed by atoms with Crippen LogP contribution in [0.15, 0.2) is 89.0 Å². The molecule has 0 radical (unpaired) electrons. The second kappa shape index (κ2) is 10.8. The number of ether oxygens (including phenoxy) is 1. The summed E-state index contributed by atoms with van der Waals surface area (Å²) < 4.78 is 57.7. The third kappa shape index (κ3) is 5.04. The quantitative estimate of drug-likeness (QED) is 0.270. The predicted octanol–water partition coefficient (Wildman–Crippen LogP) is 3.19. The van der Waals surface area contributed by atoms with Gasteiger partial charge in [0.15, 0.2) is 27.1 Å². The van der Waals surface area contributed by atoms with Crippen molar-refractivity contribution < 1.29 is 26.4 Å². The SMILES string of the molecule is Cc1ccc(S(=O)(=O)n2ccc3c(-c4ncc5c(n4)N4CCOCC4C(=O)N5Cc4ccc(S(C)(=O)=O)cc4)ccnc32)cc1. The minimum absolute atomic E-state index is 0.150. The van der Waals surface area contributed by atoms with Gasteiger partial charge >= 0.3 is 0 Å². The number of pyridine rings is 1. The summed E-state index contributed by atoms with van der Waals surface area (Å²) in [5.41, 5.74) is 3.03. The van der Waals surface area contributed by atoms with E-state index in [4.69, 9.17) is 9.72 Å². The van der Waals surface area contributed by atoms with Gasteiger partial charge in [0.1, 0.15) is 11.7 Å². The fourth-order valence-electron chi connectivity index (χ4n) is 5.67. The number of benzene rings is 2. The molecule has 1 fully saturated rings. The molecular weight excluding hydrogens is 617 g/mol. The molecule has 5 aromatic rings. The van der Waals surface area contributed by atoms with Crippen molar-refractivity contribution in [2.24, 2.45) is 0 Å². The van der Waals surface area contributed by atoms with E-state index in [9.17, 15) is 21.6 Å². The van der Waals surface area contributed by atoms with Gasteiger partial charge in [-0.25, -0.2) is 35.8 Å². The van der Waals surface area contributed by atoms with Crippen LogP contribution in [0.25, 0.3) is 22.4 Å². The summed E-state index contributed by atoms with van der Waals surface area (Å²) in [5, 5.41) is 0.557. The number of hydrogen-bond acceptors (Lipinski definition) is 10. The van der Waals surface area contributed by atoms with Gasteiger partial charge in [0.25, 0.3) is 15.9 Å². The molecule has 2 aliphatic heterocycles. The largest absolute Gasteiger partial charge is 0.377 e. The molecule has 1 saturated heterocycles. The molecule has 2 aromatic carbocycles. The highest BCUT2D eigenvalue weighted by Crippen LogP contribution is 2.38. The first-order valence-electron chi connectivity index (χ1n) is 14.1. The van der Waals surface area contributed by atoms with Crippen molar-refractivity contribution in [1.29, 1.82) is 0 Å². The van der Waals surface area contributed by atoms with Gasteiger partial charge in [-0.15, -0.1) is 0 Å². The number of amides is 1. The van der Waals surface area contributed by atoms with E-state index in [2.05, 4.69) is 9.97 Å². The number of anilines is 2. The molecule has 12 nitrogen and oxygen atoms in total. The Balaban J connectivity index is 1.29. The summed E-state index contributed by atoms with van der Waals surface area (Å²) in [6.45, 7) is 3.14. The smallest absolute Gasteiger partial charge is 0.269 e. The zero-order valence-electron chi connectivity index (χ0n) is 24.4. The zero-order chi connectivity index (χ0) is 31.5. The number of rotatable bonds is 6. The van der Waals surface area contributed by atoms with Crippen LogP contribution in [0.5, 0.6) is 0 Å². The molecule has 1 unspecified atom stereocenters. The first kappa shape index (κ1) is 29.1. The van der Waals surface area contributed by atoms with E-state index in [1.165, 1.54) is 24.5 Å². The fraction of sp³-hybridized carbons (Fsp3) is 0.226. The summed E-state index contributed by atoms with van der Waals surface area (Å²) in [7, 11) is -7.27. The van der Waals surface area contributed by atoms with Gasteiger partial charge in [0.2, 0.25) is 0 Å². The molecule has 2 aliphatic rings. The molecule has 0 spiro atoms. The van der Waals surface area contributed by atoms with E-state index in [-0.39, 0.29) is 34.5 Å².